The van der Waals surface area contributed by atoms with E-state index in [0.717, 1.165) is 30.5 Å². The van der Waals surface area contributed by atoms with E-state index in [-0.39, 0.29) is 5.54 Å². The summed E-state index contributed by atoms with van der Waals surface area (Å²) in [6.45, 7) is 8.25. The third-order valence-electron chi connectivity index (χ3n) is 8.17. The summed E-state index contributed by atoms with van der Waals surface area (Å²) in [5.41, 5.74) is 8.84. The number of benzene rings is 4. The Hall–Kier alpha value is -3.93. The van der Waals surface area contributed by atoms with Gasteiger partial charge in [0.15, 0.2) is 0 Å². The summed E-state index contributed by atoms with van der Waals surface area (Å²) in [7, 11) is 0. The van der Waals surface area contributed by atoms with Crippen molar-refractivity contribution in [1.29, 1.82) is 0 Å². The molecule has 0 saturated carbocycles. The van der Waals surface area contributed by atoms with Crippen molar-refractivity contribution < 1.29 is 14.6 Å². The Morgan fingerprint density at radius 2 is 1.50 bits per heavy atom. The van der Waals surface area contributed by atoms with Crippen LogP contribution in [0.3, 0.4) is 0 Å². The number of anilines is 1. The van der Waals surface area contributed by atoms with Crippen molar-refractivity contribution >= 4 is 12.1 Å². The minimum Gasteiger partial charge on any atom is -0.487 e. The molecule has 0 fully saturated rings. The summed E-state index contributed by atoms with van der Waals surface area (Å²) < 4.78 is 6.01. The van der Waals surface area contributed by atoms with Crippen molar-refractivity contribution in [3.05, 3.63) is 130 Å². The molecular weight excluding hydrogens is 496 g/mol. The van der Waals surface area contributed by atoms with Crippen molar-refractivity contribution in [3.63, 3.8) is 0 Å². The molecule has 0 aromatic heterocycles. The van der Waals surface area contributed by atoms with Crippen LogP contribution in [0.25, 0.3) is 0 Å². The summed E-state index contributed by atoms with van der Waals surface area (Å²) in [4.78, 5) is 13.8. The normalized spacial score (nSPS) is 14.5. The Bertz CT molecular complexity index is 1420. The van der Waals surface area contributed by atoms with E-state index < -0.39 is 6.10 Å². The molecule has 1 amide bonds. The van der Waals surface area contributed by atoms with Gasteiger partial charge in [0, 0.05) is 18.6 Å². The van der Waals surface area contributed by atoms with Crippen molar-refractivity contribution in [2.24, 2.45) is 0 Å². The minimum atomic E-state index is -0.747. The van der Waals surface area contributed by atoms with Crippen LogP contribution in [0.1, 0.15) is 52.0 Å². The predicted molar refractivity (Wildman–Crippen MR) is 160 cm³/mol. The van der Waals surface area contributed by atoms with Crippen LogP contribution < -0.4 is 10.1 Å². The fourth-order valence-corrected chi connectivity index (χ4v) is 5.76. The SMILES string of the molecule is Cc1cc2c(cc1C)CC(C)(N(Cc1ccccc1)C[C@@H](O)c1ccc(OCc3ccccc3)c(NC=O)c1)C2. The topological polar surface area (TPSA) is 61.8 Å². The Morgan fingerprint density at radius 1 is 0.900 bits per heavy atom. The molecule has 0 radical (unpaired) electrons. The maximum atomic E-state index is 11.5. The average Bonchev–Trinajstić information content (AvgIpc) is 3.29. The summed E-state index contributed by atoms with van der Waals surface area (Å²) in [5.74, 6) is 0.567. The van der Waals surface area contributed by atoms with Gasteiger partial charge in [0.05, 0.1) is 11.8 Å². The Morgan fingerprint density at radius 3 is 2.10 bits per heavy atom. The van der Waals surface area contributed by atoms with Gasteiger partial charge in [-0.1, -0.05) is 78.9 Å². The Labute approximate surface area is 237 Å². The molecule has 0 unspecified atom stereocenters. The highest BCUT2D eigenvalue weighted by atomic mass is 16.5. The lowest BCUT2D eigenvalue weighted by Crippen LogP contribution is -2.48. The summed E-state index contributed by atoms with van der Waals surface area (Å²) in [6.07, 6.45) is 1.77. The van der Waals surface area contributed by atoms with Crippen LogP contribution >= 0.6 is 0 Å². The van der Waals surface area contributed by atoms with E-state index in [1.807, 2.05) is 54.6 Å². The molecule has 40 heavy (non-hydrogen) atoms. The number of nitrogens with one attached hydrogen (secondary N) is 1. The first-order valence-corrected chi connectivity index (χ1v) is 13.9. The molecular formula is C35H38N2O3. The van der Waals surface area contributed by atoms with Gasteiger partial charge in [-0.25, -0.2) is 0 Å². The number of hydrogen-bond acceptors (Lipinski definition) is 4. The van der Waals surface area contributed by atoms with Crippen LogP contribution in [0.15, 0.2) is 91.0 Å². The fraction of sp³-hybridized carbons (Fsp3) is 0.286. The van der Waals surface area contributed by atoms with Crippen molar-refractivity contribution in [1.82, 2.24) is 4.90 Å². The molecule has 5 heteroatoms. The number of rotatable bonds is 11. The molecule has 5 nitrogen and oxygen atoms in total. The number of amides is 1. The number of β-amino-alcohol motifs (C(OH)–C–C–N with tert-alkyl or cyclic N) is 1. The van der Waals surface area contributed by atoms with Gasteiger partial charge >= 0.3 is 0 Å². The lowest BCUT2D eigenvalue weighted by Gasteiger charge is -2.40. The number of fused-ring (bicyclic) bond motifs is 1. The first-order chi connectivity index (χ1) is 19.3. The van der Waals surface area contributed by atoms with Gasteiger partial charge in [0.1, 0.15) is 12.4 Å². The van der Waals surface area contributed by atoms with E-state index in [9.17, 15) is 9.90 Å². The summed E-state index contributed by atoms with van der Waals surface area (Å²) >= 11 is 0. The molecule has 206 valence electrons. The third-order valence-corrected chi connectivity index (χ3v) is 8.17. The Kier molecular flexibility index (Phi) is 8.34. The highest BCUT2D eigenvalue weighted by Gasteiger charge is 2.39. The van der Waals surface area contributed by atoms with Crippen molar-refractivity contribution in [2.45, 2.75) is 58.4 Å². The van der Waals surface area contributed by atoms with Crippen LogP contribution in [0.5, 0.6) is 5.75 Å². The van der Waals surface area contributed by atoms with Gasteiger partial charge in [0.2, 0.25) is 6.41 Å². The molecule has 0 heterocycles. The standard InChI is InChI=1S/C35H38N2O3/c1-25-16-30-19-35(3,20-31(30)17-26(25)2)37(21-27-10-6-4-7-11-27)22-33(39)29-14-15-34(32(18-29)36-24-38)40-23-28-12-8-5-9-13-28/h4-18,24,33,39H,19-23H2,1-3H3,(H,36,38)/t33-/m1/s1. The van der Waals surface area contributed by atoms with Crippen LogP contribution in [0.2, 0.25) is 0 Å². The predicted octanol–water partition coefficient (Wildman–Crippen LogP) is 6.54. The van der Waals surface area contributed by atoms with Crippen LogP contribution in [0.4, 0.5) is 5.69 Å². The Balaban J connectivity index is 1.38. The van der Waals surface area contributed by atoms with Gasteiger partial charge in [-0.3, -0.25) is 9.69 Å². The maximum Gasteiger partial charge on any atom is 0.211 e. The molecule has 0 saturated heterocycles. The first-order valence-electron chi connectivity index (χ1n) is 13.9. The zero-order valence-corrected chi connectivity index (χ0v) is 23.6. The van der Waals surface area contributed by atoms with E-state index in [1.165, 1.54) is 27.8 Å². The van der Waals surface area contributed by atoms with Crippen molar-refractivity contribution in [2.75, 3.05) is 11.9 Å². The average molecular weight is 535 g/mol. The summed E-state index contributed by atoms with van der Waals surface area (Å²) in [6, 6.07) is 30.5. The zero-order valence-electron chi connectivity index (χ0n) is 23.6. The van der Waals surface area contributed by atoms with Gasteiger partial charge in [-0.05, 0) is 84.7 Å². The molecule has 5 rings (SSSR count). The number of nitrogens with zero attached hydrogens (tertiary/aromatic N) is 1. The fourth-order valence-electron chi connectivity index (χ4n) is 5.76. The number of hydrogen-bond donors (Lipinski definition) is 2. The molecule has 1 atom stereocenters. The number of aryl methyl sites for hydroxylation is 2. The first kappa shape index (κ1) is 27.6. The van der Waals surface area contributed by atoms with E-state index in [0.29, 0.717) is 31.0 Å². The van der Waals surface area contributed by atoms with Gasteiger partial charge < -0.3 is 15.2 Å². The third kappa shape index (κ3) is 6.27. The number of aliphatic hydroxyl groups excluding tert-OH is 1. The van der Waals surface area contributed by atoms with E-state index in [1.54, 1.807) is 0 Å². The molecule has 4 aromatic carbocycles. The van der Waals surface area contributed by atoms with Gasteiger partial charge in [-0.15, -0.1) is 0 Å². The number of carbonyl (C=O) groups excluding carboxylic acids is 1. The van der Waals surface area contributed by atoms with E-state index >= 15 is 0 Å². The van der Waals surface area contributed by atoms with Gasteiger partial charge in [-0.2, -0.15) is 0 Å². The quantitative estimate of drug-likeness (QED) is 0.214. The lowest BCUT2D eigenvalue weighted by atomic mass is 9.93. The summed E-state index contributed by atoms with van der Waals surface area (Å²) in [5, 5.41) is 14.3. The molecule has 1 aliphatic rings. The van der Waals surface area contributed by atoms with Crippen LogP contribution in [-0.2, 0) is 30.8 Å². The molecule has 4 aromatic rings. The van der Waals surface area contributed by atoms with Crippen molar-refractivity contribution in [3.8, 4) is 5.75 Å². The van der Waals surface area contributed by atoms with Crippen LogP contribution in [0, 0.1) is 13.8 Å². The number of carbonyl (C=O) groups is 1. The largest absolute Gasteiger partial charge is 0.487 e. The highest BCUT2D eigenvalue weighted by molar-refractivity contribution is 5.76. The number of ether oxygens (including phenoxy) is 1. The molecule has 1 aliphatic carbocycles. The minimum absolute atomic E-state index is 0.137. The van der Waals surface area contributed by atoms with Gasteiger partial charge in [0.25, 0.3) is 0 Å². The second kappa shape index (κ2) is 12.1. The van der Waals surface area contributed by atoms with E-state index in [4.69, 9.17) is 4.74 Å². The van der Waals surface area contributed by atoms with E-state index in [2.05, 4.69) is 67.4 Å². The smallest absolute Gasteiger partial charge is 0.211 e. The number of aliphatic hydroxyl groups is 1. The molecule has 0 aliphatic heterocycles. The zero-order chi connectivity index (χ0) is 28.1. The lowest BCUT2D eigenvalue weighted by molar-refractivity contribution is -0.105. The maximum absolute atomic E-state index is 11.5. The molecule has 2 N–H and O–H groups in total. The molecule has 0 spiro atoms. The highest BCUT2D eigenvalue weighted by Crippen LogP contribution is 2.38. The van der Waals surface area contributed by atoms with Crippen LogP contribution in [-0.4, -0.2) is 28.5 Å². The second-order valence-electron chi connectivity index (χ2n) is 11.2. The monoisotopic (exact) mass is 534 g/mol. The molecule has 0 bridgehead atoms. The second-order valence-corrected chi connectivity index (χ2v) is 11.2.